The second kappa shape index (κ2) is 7.97. The topological polar surface area (TPSA) is 70.2 Å². The monoisotopic (exact) mass is 344 g/mol. The molecule has 0 bridgehead atoms. The van der Waals surface area contributed by atoms with Crippen LogP contribution in [0.15, 0.2) is 18.2 Å². The van der Waals surface area contributed by atoms with Crippen molar-refractivity contribution in [3.05, 3.63) is 29.6 Å². The third-order valence-electron chi connectivity index (χ3n) is 4.60. The smallest absolute Gasteiger partial charge is 0.221 e. The fourth-order valence-corrected chi connectivity index (χ4v) is 3.14. The van der Waals surface area contributed by atoms with Crippen LogP contribution < -0.4 is 5.32 Å². The Labute approximate surface area is 148 Å². The van der Waals surface area contributed by atoms with Crippen LogP contribution in [0.3, 0.4) is 0 Å². The zero-order valence-corrected chi connectivity index (χ0v) is 15.3. The van der Waals surface area contributed by atoms with E-state index in [9.17, 15) is 4.79 Å². The van der Waals surface area contributed by atoms with E-state index >= 15 is 0 Å². The van der Waals surface area contributed by atoms with Crippen LogP contribution in [-0.4, -0.2) is 40.6 Å². The lowest BCUT2D eigenvalue weighted by molar-refractivity contribution is -0.181. The molecule has 0 aliphatic carbocycles. The van der Waals surface area contributed by atoms with Crippen LogP contribution >= 0.6 is 0 Å². The molecule has 2 heterocycles. The number of carbonyl (C=O) groups excluding carboxylic acids is 1. The van der Waals surface area contributed by atoms with Crippen molar-refractivity contribution in [1.82, 2.24) is 20.3 Å². The van der Waals surface area contributed by atoms with Crippen LogP contribution in [0, 0.1) is 12.8 Å². The number of aryl methyl sites for hydroxylation is 1. The lowest BCUT2D eigenvalue weighted by Crippen LogP contribution is -2.37. The summed E-state index contributed by atoms with van der Waals surface area (Å²) in [5.74, 6) is 1.10. The number of carbonyl (C=O) groups is 1. The largest absolute Gasteiger partial charge is 0.346 e. The van der Waals surface area contributed by atoms with Crippen LogP contribution in [0.1, 0.15) is 50.5 Å². The van der Waals surface area contributed by atoms with Gasteiger partial charge in [0.05, 0.1) is 23.7 Å². The molecule has 1 saturated heterocycles. The number of fused-ring (bicyclic) bond motifs is 1. The average molecular weight is 344 g/mol. The van der Waals surface area contributed by atoms with Gasteiger partial charge in [0.25, 0.3) is 0 Å². The number of hydroxylamine groups is 2. The highest BCUT2D eigenvalue weighted by molar-refractivity contribution is 5.78. The predicted molar refractivity (Wildman–Crippen MR) is 97.9 cm³/mol. The van der Waals surface area contributed by atoms with Gasteiger partial charge in [0.1, 0.15) is 5.82 Å². The Morgan fingerprint density at radius 2 is 2.24 bits per heavy atom. The van der Waals surface area contributed by atoms with Crippen LogP contribution in [0.2, 0.25) is 0 Å². The second-order valence-electron chi connectivity index (χ2n) is 7.15. The summed E-state index contributed by atoms with van der Waals surface area (Å²) in [5, 5.41) is 5.03. The lowest BCUT2D eigenvalue weighted by Gasteiger charge is -2.26. The van der Waals surface area contributed by atoms with Crippen LogP contribution in [0.25, 0.3) is 11.0 Å². The fraction of sp³-hybridized carbons (Fsp3) is 0.579. The Morgan fingerprint density at radius 1 is 1.40 bits per heavy atom. The van der Waals surface area contributed by atoms with Crippen LogP contribution in [-0.2, 0) is 9.63 Å². The number of hydrogen-bond donors (Lipinski definition) is 2. The molecule has 1 aliphatic heterocycles. The SMILES string of the molecule is Cc1ccc2nc([C@H](NC(=O)CCN3CCCCO3)C(C)C)[nH]c2c1. The van der Waals surface area contributed by atoms with Gasteiger partial charge in [-0.3, -0.25) is 9.63 Å². The number of nitrogens with zero attached hydrogens (tertiary/aromatic N) is 2. The maximum absolute atomic E-state index is 12.4. The van der Waals surface area contributed by atoms with Gasteiger partial charge in [0.15, 0.2) is 0 Å². The van der Waals surface area contributed by atoms with Crippen molar-refractivity contribution in [2.75, 3.05) is 19.7 Å². The first-order valence-corrected chi connectivity index (χ1v) is 9.16. The number of aromatic amines is 1. The summed E-state index contributed by atoms with van der Waals surface area (Å²) in [6, 6.07) is 6.02. The van der Waals surface area contributed by atoms with Gasteiger partial charge in [-0.25, -0.2) is 4.98 Å². The Bertz CT molecular complexity index is 719. The molecule has 1 amide bonds. The van der Waals surface area contributed by atoms with Crippen molar-refractivity contribution in [2.24, 2.45) is 5.92 Å². The average Bonchev–Trinajstić information content (AvgIpc) is 3.01. The molecule has 1 fully saturated rings. The fourth-order valence-electron chi connectivity index (χ4n) is 3.14. The Hall–Kier alpha value is -1.92. The van der Waals surface area contributed by atoms with E-state index in [1.165, 1.54) is 5.56 Å². The molecular weight excluding hydrogens is 316 g/mol. The Morgan fingerprint density at radius 3 is 2.96 bits per heavy atom. The van der Waals surface area contributed by atoms with Gasteiger partial charge in [0.2, 0.25) is 5.91 Å². The normalized spacial score (nSPS) is 17.1. The highest BCUT2D eigenvalue weighted by atomic mass is 16.7. The molecule has 1 aromatic carbocycles. The molecule has 6 heteroatoms. The maximum atomic E-state index is 12.4. The molecule has 1 atom stereocenters. The van der Waals surface area contributed by atoms with Crippen molar-refractivity contribution < 1.29 is 9.63 Å². The molecule has 0 unspecified atom stereocenters. The van der Waals surface area contributed by atoms with Gasteiger partial charge in [-0.05, 0) is 43.4 Å². The van der Waals surface area contributed by atoms with E-state index in [0.29, 0.717) is 13.0 Å². The quantitative estimate of drug-likeness (QED) is 0.845. The molecule has 6 nitrogen and oxygen atoms in total. The van der Waals surface area contributed by atoms with Crippen LogP contribution in [0.4, 0.5) is 0 Å². The third kappa shape index (κ3) is 4.58. The molecule has 0 radical (unpaired) electrons. The Balaban J connectivity index is 1.64. The highest BCUT2D eigenvalue weighted by Gasteiger charge is 2.22. The number of nitrogens with one attached hydrogen (secondary N) is 2. The number of hydrogen-bond acceptors (Lipinski definition) is 4. The van der Waals surface area contributed by atoms with Crippen molar-refractivity contribution >= 4 is 16.9 Å². The molecule has 1 aliphatic rings. The summed E-state index contributed by atoms with van der Waals surface area (Å²) in [4.78, 5) is 26.0. The molecule has 2 aromatic rings. The zero-order valence-electron chi connectivity index (χ0n) is 15.3. The van der Waals surface area contributed by atoms with Gasteiger partial charge in [-0.15, -0.1) is 0 Å². The predicted octanol–water partition coefficient (Wildman–Crippen LogP) is 3.10. The number of H-pyrrole nitrogens is 1. The summed E-state index contributed by atoms with van der Waals surface area (Å²) in [6.07, 6.45) is 2.67. The van der Waals surface area contributed by atoms with E-state index in [1.807, 2.05) is 11.1 Å². The maximum Gasteiger partial charge on any atom is 0.221 e. The molecule has 1 aromatic heterocycles. The van der Waals surface area contributed by atoms with E-state index in [2.05, 4.69) is 48.2 Å². The molecule has 0 saturated carbocycles. The third-order valence-corrected chi connectivity index (χ3v) is 4.60. The number of rotatable bonds is 6. The van der Waals surface area contributed by atoms with Gasteiger partial charge in [0, 0.05) is 19.5 Å². The van der Waals surface area contributed by atoms with E-state index < -0.39 is 0 Å². The minimum absolute atomic E-state index is 0.0320. The molecular formula is C19H28N4O2. The Kier molecular flexibility index (Phi) is 5.71. The summed E-state index contributed by atoms with van der Waals surface area (Å²) in [6.45, 7) is 8.55. The summed E-state index contributed by atoms with van der Waals surface area (Å²) in [7, 11) is 0. The van der Waals surface area contributed by atoms with Gasteiger partial charge >= 0.3 is 0 Å². The molecule has 0 spiro atoms. The number of amides is 1. The molecule has 3 rings (SSSR count). The molecule has 2 N–H and O–H groups in total. The first-order chi connectivity index (χ1) is 12.0. The van der Waals surface area contributed by atoms with Gasteiger partial charge in [-0.2, -0.15) is 5.06 Å². The van der Waals surface area contributed by atoms with Crippen molar-refractivity contribution in [1.29, 1.82) is 0 Å². The first kappa shape index (κ1) is 17.9. The van der Waals surface area contributed by atoms with Crippen molar-refractivity contribution in [3.8, 4) is 0 Å². The number of aromatic nitrogens is 2. The molecule has 136 valence electrons. The van der Waals surface area contributed by atoms with Crippen molar-refractivity contribution in [3.63, 3.8) is 0 Å². The summed E-state index contributed by atoms with van der Waals surface area (Å²) >= 11 is 0. The number of imidazole rings is 1. The molecule has 25 heavy (non-hydrogen) atoms. The second-order valence-corrected chi connectivity index (χ2v) is 7.15. The van der Waals surface area contributed by atoms with E-state index in [1.54, 1.807) is 0 Å². The minimum Gasteiger partial charge on any atom is -0.346 e. The van der Waals surface area contributed by atoms with Gasteiger partial charge < -0.3 is 10.3 Å². The number of benzene rings is 1. The van der Waals surface area contributed by atoms with Gasteiger partial charge in [-0.1, -0.05) is 19.9 Å². The first-order valence-electron chi connectivity index (χ1n) is 9.16. The van der Waals surface area contributed by atoms with Crippen LogP contribution in [0.5, 0.6) is 0 Å². The van der Waals surface area contributed by atoms with E-state index in [0.717, 1.165) is 42.9 Å². The summed E-state index contributed by atoms with van der Waals surface area (Å²) in [5.41, 5.74) is 3.13. The zero-order chi connectivity index (χ0) is 17.8. The minimum atomic E-state index is -0.123. The highest BCUT2D eigenvalue weighted by Crippen LogP contribution is 2.23. The standard InChI is InChI=1S/C19H28N4O2/c1-13(2)18(19-20-15-7-6-14(3)12-16(15)21-19)22-17(24)8-10-23-9-4-5-11-25-23/h6-7,12-13,18H,4-5,8-11H2,1-3H3,(H,20,21)(H,22,24)/t18-/m1/s1. The summed E-state index contributed by atoms with van der Waals surface area (Å²) < 4.78 is 0. The van der Waals surface area contributed by atoms with E-state index in [4.69, 9.17) is 4.84 Å². The van der Waals surface area contributed by atoms with Crippen molar-refractivity contribution in [2.45, 2.75) is 46.1 Å². The van der Waals surface area contributed by atoms with E-state index in [-0.39, 0.29) is 17.9 Å². The lowest BCUT2D eigenvalue weighted by atomic mass is 10.0.